The van der Waals surface area contributed by atoms with Gasteiger partial charge in [-0.1, -0.05) is 6.07 Å². The number of nitrogens with zero attached hydrogens (tertiary/aromatic N) is 1. The van der Waals surface area contributed by atoms with Crippen molar-refractivity contribution in [3.8, 4) is 0 Å². The molecule has 1 saturated carbocycles. The molecular formula is C10H15N3. The topological polar surface area (TPSA) is 50.9 Å². The summed E-state index contributed by atoms with van der Waals surface area (Å²) in [5.74, 6) is 0.938. The van der Waals surface area contributed by atoms with Gasteiger partial charge in [0.05, 0.1) is 5.54 Å². The third-order valence-corrected chi connectivity index (χ3v) is 2.55. The number of nitrogens with one attached hydrogen (secondary N) is 1. The summed E-state index contributed by atoms with van der Waals surface area (Å²) >= 11 is 0. The second kappa shape index (κ2) is 3.00. The van der Waals surface area contributed by atoms with E-state index in [4.69, 9.17) is 5.73 Å². The van der Waals surface area contributed by atoms with Gasteiger partial charge in [-0.15, -0.1) is 0 Å². The Balaban J connectivity index is 2.06. The third-order valence-electron chi connectivity index (χ3n) is 2.55. The predicted octanol–water partition coefficient (Wildman–Crippen LogP) is 1.29. The number of rotatable bonds is 3. The van der Waals surface area contributed by atoms with E-state index in [1.165, 1.54) is 18.4 Å². The Bertz CT molecular complexity index is 288. The Labute approximate surface area is 78.4 Å². The molecule has 0 saturated heterocycles. The monoisotopic (exact) mass is 177 g/mol. The Morgan fingerprint density at radius 2 is 2.31 bits per heavy atom. The normalized spacial score (nSPS) is 18.3. The lowest BCUT2D eigenvalue weighted by Crippen LogP contribution is -2.31. The van der Waals surface area contributed by atoms with E-state index in [1.54, 1.807) is 0 Å². The minimum absolute atomic E-state index is 0.155. The quantitative estimate of drug-likeness (QED) is 0.731. The predicted molar refractivity (Wildman–Crippen MR) is 53.6 cm³/mol. The second-order valence-corrected chi connectivity index (χ2v) is 3.83. The van der Waals surface area contributed by atoms with Gasteiger partial charge in [-0.3, -0.25) is 0 Å². The van der Waals surface area contributed by atoms with Crippen LogP contribution in [0.1, 0.15) is 18.4 Å². The molecule has 0 aromatic carbocycles. The van der Waals surface area contributed by atoms with E-state index in [2.05, 4.69) is 16.4 Å². The second-order valence-electron chi connectivity index (χ2n) is 3.83. The summed E-state index contributed by atoms with van der Waals surface area (Å²) in [6, 6.07) is 4.06. The minimum Gasteiger partial charge on any atom is -0.363 e. The molecule has 2 rings (SSSR count). The molecule has 1 fully saturated rings. The van der Waals surface area contributed by atoms with E-state index in [0.29, 0.717) is 6.54 Å². The molecule has 0 unspecified atom stereocenters. The van der Waals surface area contributed by atoms with Gasteiger partial charge in [0.1, 0.15) is 5.82 Å². The highest BCUT2D eigenvalue weighted by molar-refractivity contribution is 5.41. The largest absolute Gasteiger partial charge is 0.363 e. The van der Waals surface area contributed by atoms with Crippen LogP contribution in [0.5, 0.6) is 0 Å². The molecule has 1 aliphatic rings. The van der Waals surface area contributed by atoms with Gasteiger partial charge in [0.15, 0.2) is 0 Å². The summed E-state index contributed by atoms with van der Waals surface area (Å²) in [4.78, 5) is 4.28. The molecule has 3 N–H and O–H groups in total. The van der Waals surface area contributed by atoms with Crippen molar-refractivity contribution in [2.75, 3.05) is 11.9 Å². The van der Waals surface area contributed by atoms with E-state index < -0.39 is 0 Å². The summed E-state index contributed by atoms with van der Waals surface area (Å²) in [6.45, 7) is 2.73. The number of aryl methyl sites for hydroxylation is 1. The molecule has 13 heavy (non-hydrogen) atoms. The van der Waals surface area contributed by atoms with Crippen LogP contribution in [0.15, 0.2) is 18.3 Å². The van der Waals surface area contributed by atoms with Crippen molar-refractivity contribution in [3.63, 3.8) is 0 Å². The van der Waals surface area contributed by atoms with Crippen molar-refractivity contribution in [2.24, 2.45) is 5.73 Å². The van der Waals surface area contributed by atoms with E-state index in [1.807, 2.05) is 19.2 Å². The summed E-state index contributed by atoms with van der Waals surface area (Å²) in [6.07, 6.45) is 4.20. The maximum atomic E-state index is 5.66. The highest BCUT2D eigenvalue weighted by Gasteiger charge is 2.41. The molecule has 0 atom stereocenters. The minimum atomic E-state index is 0.155. The zero-order chi connectivity index (χ0) is 9.31. The van der Waals surface area contributed by atoms with E-state index in [0.717, 1.165) is 5.82 Å². The molecular weight excluding hydrogens is 162 g/mol. The average molecular weight is 177 g/mol. The number of hydrogen-bond acceptors (Lipinski definition) is 3. The van der Waals surface area contributed by atoms with Crippen LogP contribution in [0, 0.1) is 6.92 Å². The maximum Gasteiger partial charge on any atom is 0.126 e. The lowest BCUT2D eigenvalue weighted by atomic mass is 10.2. The summed E-state index contributed by atoms with van der Waals surface area (Å²) < 4.78 is 0. The third kappa shape index (κ3) is 1.80. The van der Waals surface area contributed by atoms with Crippen LogP contribution in [0.3, 0.4) is 0 Å². The molecule has 3 heteroatoms. The van der Waals surface area contributed by atoms with Gasteiger partial charge in [0, 0.05) is 12.7 Å². The van der Waals surface area contributed by atoms with Crippen LogP contribution in [0.25, 0.3) is 0 Å². The van der Waals surface area contributed by atoms with Crippen LogP contribution in [-0.2, 0) is 0 Å². The molecule has 3 nitrogen and oxygen atoms in total. The Kier molecular flexibility index (Phi) is 1.96. The van der Waals surface area contributed by atoms with Gasteiger partial charge in [0.2, 0.25) is 0 Å². The zero-order valence-corrected chi connectivity index (χ0v) is 7.88. The highest BCUT2D eigenvalue weighted by atomic mass is 15.1. The lowest BCUT2D eigenvalue weighted by Gasteiger charge is -2.15. The van der Waals surface area contributed by atoms with E-state index in [9.17, 15) is 0 Å². The van der Waals surface area contributed by atoms with Gasteiger partial charge in [-0.05, 0) is 31.4 Å². The van der Waals surface area contributed by atoms with Crippen molar-refractivity contribution in [2.45, 2.75) is 25.3 Å². The van der Waals surface area contributed by atoms with Crippen LogP contribution in [0.4, 0.5) is 5.82 Å². The molecule has 0 bridgehead atoms. The molecule has 1 aliphatic carbocycles. The molecule has 0 aliphatic heterocycles. The Morgan fingerprint density at radius 3 is 2.77 bits per heavy atom. The Hall–Kier alpha value is -1.09. The molecule has 0 amide bonds. The number of hydrogen-bond donors (Lipinski definition) is 2. The highest BCUT2D eigenvalue weighted by Crippen LogP contribution is 2.37. The van der Waals surface area contributed by atoms with Crippen LogP contribution >= 0.6 is 0 Å². The first-order valence-corrected chi connectivity index (χ1v) is 4.65. The fourth-order valence-corrected chi connectivity index (χ4v) is 1.34. The average Bonchev–Trinajstić information content (AvgIpc) is 2.90. The number of nitrogens with two attached hydrogens (primary N) is 1. The summed E-state index contributed by atoms with van der Waals surface area (Å²) in [5, 5.41) is 3.37. The molecule has 1 heterocycles. The summed E-state index contributed by atoms with van der Waals surface area (Å²) in [5.41, 5.74) is 6.99. The van der Waals surface area contributed by atoms with Crippen LogP contribution < -0.4 is 11.1 Å². The van der Waals surface area contributed by atoms with Crippen molar-refractivity contribution in [1.82, 2.24) is 4.98 Å². The maximum absolute atomic E-state index is 5.66. The van der Waals surface area contributed by atoms with Gasteiger partial charge >= 0.3 is 0 Å². The standard InChI is InChI=1S/C10H15N3/c1-8-2-3-9(12-6-8)13-10(7-11)4-5-10/h2-3,6H,4-5,7,11H2,1H3,(H,12,13). The summed E-state index contributed by atoms with van der Waals surface area (Å²) in [7, 11) is 0. The Morgan fingerprint density at radius 1 is 1.54 bits per heavy atom. The fraction of sp³-hybridized carbons (Fsp3) is 0.500. The number of pyridine rings is 1. The first kappa shape index (κ1) is 8.51. The van der Waals surface area contributed by atoms with Gasteiger partial charge in [-0.25, -0.2) is 4.98 Å². The van der Waals surface area contributed by atoms with Gasteiger partial charge in [0.25, 0.3) is 0 Å². The smallest absolute Gasteiger partial charge is 0.126 e. The molecule has 0 radical (unpaired) electrons. The molecule has 0 spiro atoms. The number of aromatic nitrogens is 1. The first-order valence-electron chi connectivity index (χ1n) is 4.65. The van der Waals surface area contributed by atoms with Crippen LogP contribution in [0.2, 0.25) is 0 Å². The molecule has 70 valence electrons. The van der Waals surface area contributed by atoms with E-state index >= 15 is 0 Å². The van der Waals surface area contributed by atoms with E-state index in [-0.39, 0.29) is 5.54 Å². The molecule has 1 aromatic rings. The van der Waals surface area contributed by atoms with Crippen molar-refractivity contribution in [1.29, 1.82) is 0 Å². The van der Waals surface area contributed by atoms with Crippen molar-refractivity contribution < 1.29 is 0 Å². The lowest BCUT2D eigenvalue weighted by molar-refractivity contribution is 0.737. The fourth-order valence-electron chi connectivity index (χ4n) is 1.34. The van der Waals surface area contributed by atoms with Gasteiger partial charge < -0.3 is 11.1 Å². The first-order chi connectivity index (χ1) is 6.24. The SMILES string of the molecule is Cc1ccc(NC2(CN)CC2)nc1. The van der Waals surface area contributed by atoms with Crippen molar-refractivity contribution in [3.05, 3.63) is 23.9 Å². The van der Waals surface area contributed by atoms with Gasteiger partial charge in [-0.2, -0.15) is 0 Å². The number of anilines is 1. The van der Waals surface area contributed by atoms with Crippen LogP contribution in [-0.4, -0.2) is 17.1 Å². The van der Waals surface area contributed by atoms with Crippen molar-refractivity contribution >= 4 is 5.82 Å². The zero-order valence-electron chi connectivity index (χ0n) is 7.88. The molecule has 1 aromatic heterocycles.